The largest absolute Gasteiger partial charge is 0.472 e. The van der Waals surface area contributed by atoms with Crippen LogP contribution in [0.2, 0.25) is 0 Å². The number of methoxy groups -OCH3 is 1. The van der Waals surface area contributed by atoms with Crippen molar-refractivity contribution in [3.63, 3.8) is 0 Å². The second kappa shape index (κ2) is 6.96. The molecule has 5 heteroatoms. The van der Waals surface area contributed by atoms with Gasteiger partial charge in [0, 0.05) is 25.3 Å². The van der Waals surface area contributed by atoms with Gasteiger partial charge in [-0.25, -0.2) is 4.79 Å². The van der Waals surface area contributed by atoms with Gasteiger partial charge in [0.1, 0.15) is 0 Å². The van der Waals surface area contributed by atoms with Crippen LogP contribution < -0.4 is 5.32 Å². The lowest BCUT2D eigenvalue weighted by atomic mass is 10.3. The molecule has 96 valence electrons. The fraction of sp³-hybridized carbons (Fsp3) is 0.583. The van der Waals surface area contributed by atoms with Crippen LogP contribution in [0.3, 0.4) is 0 Å². The topological polar surface area (TPSA) is 54.7 Å². The average molecular weight is 240 g/mol. The van der Waals surface area contributed by atoms with Gasteiger partial charge in [-0.2, -0.15) is 0 Å². The molecule has 1 rings (SSSR count). The van der Waals surface area contributed by atoms with Crippen molar-refractivity contribution < 1.29 is 13.9 Å². The monoisotopic (exact) mass is 240 g/mol. The Balaban J connectivity index is 2.56. The summed E-state index contributed by atoms with van der Waals surface area (Å²) >= 11 is 0. The van der Waals surface area contributed by atoms with Crippen molar-refractivity contribution in [1.29, 1.82) is 0 Å². The van der Waals surface area contributed by atoms with Gasteiger partial charge in [-0.1, -0.05) is 0 Å². The number of urea groups is 1. The van der Waals surface area contributed by atoms with E-state index in [0.29, 0.717) is 19.7 Å². The maximum Gasteiger partial charge on any atom is 0.317 e. The van der Waals surface area contributed by atoms with Gasteiger partial charge in [-0.15, -0.1) is 0 Å². The highest BCUT2D eigenvalue weighted by Crippen LogP contribution is 2.05. The zero-order chi connectivity index (χ0) is 12.7. The Labute approximate surface area is 102 Å². The third-order valence-corrected chi connectivity index (χ3v) is 2.22. The molecule has 0 aliphatic heterocycles. The molecule has 0 bridgehead atoms. The van der Waals surface area contributed by atoms with Crippen LogP contribution in [0.1, 0.15) is 19.4 Å². The molecular formula is C12H20N2O3. The summed E-state index contributed by atoms with van der Waals surface area (Å²) in [6.45, 7) is 5.47. The van der Waals surface area contributed by atoms with E-state index in [1.807, 2.05) is 19.9 Å². The van der Waals surface area contributed by atoms with E-state index in [1.54, 1.807) is 24.5 Å². The van der Waals surface area contributed by atoms with Crippen molar-refractivity contribution in [3.8, 4) is 0 Å². The Hall–Kier alpha value is -1.49. The first-order chi connectivity index (χ1) is 8.13. The van der Waals surface area contributed by atoms with Gasteiger partial charge in [0.25, 0.3) is 0 Å². The Morgan fingerprint density at radius 2 is 2.35 bits per heavy atom. The first kappa shape index (κ1) is 13.6. The number of hydrogen-bond donors (Lipinski definition) is 1. The Bertz CT molecular complexity index is 323. The molecule has 5 nitrogen and oxygen atoms in total. The highest BCUT2D eigenvalue weighted by molar-refractivity contribution is 5.74. The van der Waals surface area contributed by atoms with Crippen molar-refractivity contribution >= 4 is 6.03 Å². The predicted octanol–water partition coefficient (Wildman–Crippen LogP) is 1.85. The summed E-state index contributed by atoms with van der Waals surface area (Å²) in [5, 5.41) is 2.86. The van der Waals surface area contributed by atoms with Gasteiger partial charge in [0.15, 0.2) is 0 Å². The standard InChI is InChI=1S/C12H20N2O3/c1-10(2)13-12(15)14(5-7-16-3)8-11-4-6-17-9-11/h4,6,9-10H,5,7-8H2,1-3H3,(H,13,15). The maximum absolute atomic E-state index is 11.9. The molecule has 0 atom stereocenters. The van der Waals surface area contributed by atoms with Gasteiger partial charge in [0.2, 0.25) is 0 Å². The van der Waals surface area contributed by atoms with E-state index in [-0.39, 0.29) is 12.1 Å². The third-order valence-electron chi connectivity index (χ3n) is 2.22. The smallest absolute Gasteiger partial charge is 0.317 e. The molecule has 0 saturated carbocycles. The normalized spacial score (nSPS) is 10.6. The van der Waals surface area contributed by atoms with Gasteiger partial charge in [-0.05, 0) is 19.9 Å². The van der Waals surface area contributed by atoms with Crippen LogP contribution >= 0.6 is 0 Å². The summed E-state index contributed by atoms with van der Waals surface area (Å²) in [4.78, 5) is 13.6. The van der Waals surface area contributed by atoms with Crippen molar-refractivity contribution in [2.45, 2.75) is 26.4 Å². The highest BCUT2D eigenvalue weighted by atomic mass is 16.5. The number of carbonyl (C=O) groups is 1. The second-order valence-electron chi connectivity index (χ2n) is 4.15. The van der Waals surface area contributed by atoms with E-state index >= 15 is 0 Å². The minimum absolute atomic E-state index is 0.0850. The maximum atomic E-state index is 11.9. The minimum Gasteiger partial charge on any atom is -0.472 e. The summed E-state index contributed by atoms with van der Waals surface area (Å²) in [6, 6.07) is 1.89. The lowest BCUT2D eigenvalue weighted by molar-refractivity contribution is 0.145. The molecule has 0 unspecified atom stereocenters. The lowest BCUT2D eigenvalue weighted by Crippen LogP contribution is -2.43. The fourth-order valence-corrected chi connectivity index (χ4v) is 1.40. The molecule has 0 radical (unpaired) electrons. The average Bonchev–Trinajstić information content (AvgIpc) is 2.75. The molecule has 1 N–H and O–H groups in total. The van der Waals surface area contributed by atoms with Crippen LogP contribution in [0, 0.1) is 0 Å². The van der Waals surface area contributed by atoms with E-state index in [1.165, 1.54) is 0 Å². The number of ether oxygens (including phenoxy) is 1. The summed E-state index contributed by atoms with van der Waals surface area (Å²) in [5.74, 6) is 0. The van der Waals surface area contributed by atoms with Gasteiger partial charge >= 0.3 is 6.03 Å². The molecule has 1 heterocycles. The van der Waals surface area contributed by atoms with Crippen molar-refractivity contribution in [3.05, 3.63) is 24.2 Å². The van der Waals surface area contributed by atoms with Crippen molar-refractivity contribution in [1.82, 2.24) is 10.2 Å². The molecule has 0 saturated heterocycles. The highest BCUT2D eigenvalue weighted by Gasteiger charge is 2.14. The zero-order valence-electron chi connectivity index (χ0n) is 10.6. The number of rotatable bonds is 6. The Morgan fingerprint density at radius 3 is 2.88 bits per heavy atom. The molecule has 1 aromatic heterocycles. The van der Waals surface area contributed by atoms with E-state index in [4.69, 9.17) is 9.15 Å². The van der Waals surface area contributed by atoms with Crippen molar-refractivity contribution in [2.75, 3.05) is 20.3 Å². The zero-order valence-corrected chi connectivity index (χ0v) is 10.6. The molecule has 0 spiro atoms. The number of nitrogens with one attached hydrogen (secondary N) is 1. The Kier molecular flexibility index (Phi) is 5.56. The molecule has 2 amide bonds. The molecule has 0 aliphatic carbocycles. The van der Waals surface area contributed by atoms with E-state index < -0.39 is 0 Å². The number of amides is 2. The van der Waals surface area contributed by atoms with Gasteiger partial charge in [0.05, 0.1) is 25.7 Å². The van der Waals surface area contributed by atoms with Crippen LogP contribution in [0.5, 0.6) is 0 Å². The van der Waals surface area contributed by atoms with Crippen LogP contribution in [-0.2, 0) is 11.3 Å². The second-order valence-corrected chi connectivity index (χ2v) is 4.15. The van der Waals surface area contributed by atoms with E-state index in [2.05, 4.69) is 5.32 Å². The number of hydrogen-bond acceptors (Lipinski definition) is 3. The summed E-state index contributed by atoms with van der Waals surface area (Å²) < 4.78 is 9.99. The predicted molar refractivity (Wildman–Crippen MR) is 64.7 cm³/mol. The first-order valence-electron chi connectivity index (χ1n) is 5.69. The van der Waals surface area contributed by atoms with Crippen LogP contribution in [0.4, 0.5) is 4.79 Å². The summed E-state index contributed by atoms with van der Waals surface area (Å²) in [6.07, 6.45) is 3.24. The number of furan rings is 1. The lowest BCUT2D eigenvalue weighted by Gasteiger charge is -2.23. The van der Waals surface area contributed by atoms with Crippen molar-refractivity contribution in [2.24, 2.45) is 0 Å². The number of nitrogens with zero attached hydrogens (tertiary/aromatic N) is 1. The van der Waals surface area contributed by atoms with E-state index in [0.717, 1.165) is 5.56 Å². The molecule has 1 aromatic rings. The number of carbonyl (C=O) groups excluding carboxylic acids is 1. The molecular weight excluding hydrogens is 220 g/mol. The minimum atomic E-state index is -0.0850. The van der Waals surface area contributed by atoms with Gasteiger partial charge < -0.3 is 19.4 Å². The summed E-state index contributed by atoms with van der Waals surface area (Å²) in [7, 11) is 1.62. The molecule has 0 aromatic carbocycles. The van der Waals surface area contributed by atoms with Crippen LogP contribution in [-0.4, -0.2) is 37.2 Å². The van der Waals surface area contributed by atoms with Gasteiger partial charge in [-0.3, -0.25) is 0 Å². The molecule has 0 aliphatic rings. The van der Waals surface area contributed by atoms with E-state index in [9.17, 15) is 4.79 Å². The quantitative estimate of drug-likeness (QED) is 0.825. The SMILES string of the molecule is COCCN(Cc1ccoc1)C(=O)NC(C)C. The van der Waals surface area contributed by atoms with Crippen LogP contribution in [0.15, 0.2) is 23.0 Å². The summed E-state index contributed by atoms with van der Waals surface area (Å²) in [5.41, 5.74) is 0.972. The molecule has 0 fully saturated rings. The first-order valence-corrected chi connectivity index (χ1v) is 5.69. The molecule has 17 heavy (non-hydrogen) atoms. The third kappa shape index (κ3) is 4.91. The fourth-order valence-electron chi connectivity index (χ4n) is 1.40. The Morgan fingerprint density at radius 1 is 1.59 bits per heavy atom. The van der Waals surface area contributed by atoms with Crippen LogP contribution in [0.25, 0.3) is 0 Å².